The number of nitrogens with one attached hydrogen (secondary N) is 1. The second-order valence-corrected chi connectivity index (χ2v) is 3.53. The van der Waals surface area contributed by atoms with Crippen molar-refractivity contribution in [3.63, 3.8) is 0 Å². The number of rotatable bonds is 5. The molecule has 1 heterocycles. The fourth-order valence-corrected chi connectivity index (χ4v) is 1.50. The topological polar surface area (TPSA) is 75.4 Å². The van der Waals surface area contributed by atoms with E-state index in [-0.39, 0.29) is 17.7 Å². The zero-order chi connectivity index (χ0) is 10.6. The van der Waals surface area contributed by atoms with Gasteiger partial charge in [0.15, 0.2) is 0 Å². The van der Waals surface area contributed by atoms with Crippen LogP contribution in [-0.4, -0.2) is 42.9 Å². The van der Waals surface area contributed by atoms with E-state index in [1.165, 1.54) is 4.90 Å². The van der Waals surface area contributed by atoms with Crippen molar-refractivity contribution in [2.45, 2.75) is 13.3 Å². The highest BCUT2D eigenvalue weighted by atomic mass is 16.2. The van der Waals surface area contributed by atoms with Gasteiger partial charge in [0, 0.05) is 38.5 Å². The zero-order valence-corrected chi connectivity index (χ0v) is 8.45. The number of carbonyl (C=O) groups excluding carboxylic acids is 2. The summed E-state index contributed by atoms with van der Waals surface area (Å²) in [6, 6.07) is 0. The van der Waals surface area contributed by atoms with Crippen molar-refractivity contribution < 1.29 is 9.59 Å². The maximum absolute atomic E-state index is 11.4. The molecule has 0 radical (unpaired) electrons. The van der Waals surface area contributed by atoms with Crippen LogP contribution >= 0.6 is 0 Å². The molecule has 3 N–H and O–H groups in total. The van der Waals surface area contributed by atoms with Gasteiger partial charge in [0.2, 0.25) is 11.8 Å². The van der Waals surface area contributed by atoms with E-state index in [0.29, 0.717) is 32.6 Å². The highest BCUT2D eigenvalue weighted by molar-refractivity contribution is 6.03. The van der Waals surface area contributed by atoms with Gasteiger partial charge in [-0.05, 0) is 0 Å². The first kappa shape index (κ1) is 11.1. The molecule has 2 amide bonds. The summed E-state index contributed by atoms with van der Waals surface area (Å²) in [7, 11) is 0. The molecule has 0 bridgehead atoms. The summed E-state index contributed by atoms with van der Waals surface area (Å²) < 4.78 is 0. The molecule has 1 fully saturated rings. The first-order valence-corrected chi connectivity index (χ1v) is 4.91. The fourth-order valence-electron chi connectivity index (χ4n) is 1.50. The largest absolute Gasteiger partial charge is 0.329 e. The van der Waals surface area contributed by atoms with Crippen LogP contribution in [-0.2, 0) is 9.59 Å². The van der Waals surface area contributed by atoms with Crippen molar-refractivity contribution in [2.75, 3.05) is 26.2 Å². The summed E-state index contributed by atoms with van der Waals surface area (Å²) in [5.41, 5.74) is 5.29. The molecule has 5 heteroatoms. The number of carbonyl (C=O) groups is 2. The molecule has 14 heavy (non-hydrogen) atoms. The molecule has 5 nitrogen and oxygen atoms in total. The lowest BCUT2D eigenvalue weighted by Crippen LogP contribution is -2.37. The molecule has 1 rings (SSSR count). The van der Waals surface area contributed by atoms with Gasteiger partial charge >= 0.3 is 0 Å². The maximum Gasteiger partial charge on any atom is 0.232 e. The van der Waals surface area contributed by atoms with Crippen LogP contribution in [0.5, 0.6) is 0 Å². The van der Waals surface area contributed by atoms with Crippen LogP contribution in [0.15, 0.2) is 0 Å². The van der Waals surface area contributed by atoms with Crippen molar-refractivity contribution in [3.8, 4) is 0 Å². The molecular weight excluding hydrogens is 182 g/mol. The third-order valence-corrected chi connectivity index (χ3v) is 2.30. The third kappa shape index (κ3) is 2.52. The van der Waals surface area contributed by atoms with E-state index >= 15 is 0 Å². The molecule has 1 aliphatic rings. The summed E-state index contributed by atoms with van der Waals surface area (Å²) in [6.45, 7) is 4.15. The van der Waals surface area contributed by atoms with Crippen molar-refractivity contribution in [3.05, 3.63) is 0 Å². The Morgan fingerprint density at radius 3 is 2.71 bits per heavy atom. The van der Waals surface area contributed by atoms with Crippen molar-refractivity contribution in [2.24, 2.45) is 11.7 Å². The van der Waals surface area contributed by atoms with Gasteiger partial charge in [-0.3, -0.25) is 14.5 Å². The highest BCUT2D eigenvalue weighted by Crippen LogP contribution is 2.17. The number of amides is 2. The molecule has 80 valence electrons. The van der Waals surface area contributed by atoms with Crippen LogP contribution in [0.2, 0.25) is 0 Å². The van der Waals surface area contributed by atoms with E-state index in [1.54, 1.807) is 6.92 Å². The molecule has 1 saturated heterocycles. The Kier molecular flexibility index (Phi) is 4.03. The maximum atomic E-state index is 11.4. The minimum absolute atomic E-state index is 0.0513. The Labute approximate surface area is 83.6 Å². The Hall–Kier alpha value is -0.940. The van der Waals surface area contributed by atoms with Gasteiger partial charge in [-0.25, -0.2) is 0 Å². The van der Waals surface area contributed by atoms with Crippen LogP contribution in [0, 0.1) is 5.92 Å². The van der Waals surface area contributed by atoms with E-state index in [1.807, 2.05) is 0 Å². The number of hydrogen-bond donors (Lipinski definition) is 2. The lowest BCUT2D eigenvalue weighted by molar-refractivity contribution is -0.139. The normalized spacial score (nSPS) is 22.1. The monoisotopic (exact) mass is 199 g/mol. The minimum Gasteiger partial charge on any atom is -0.329 e. The SMILES string of the molecule is CC1CC(=O)N(CCNCCN)C1=O. The Bertz CT molecular complexity index is 230. The summed E-state index contributed by atoms with van der Waals surface area (Å²) in [4.78, 5) is 24.1. The molecule has 0 aromatic rings. The van der Waals surface area contributed by atoms with E-state index in [2.05, 4.69) is 5.32 Å². The van der Waals surface area contributed by atoms with Crippen molar-refractivity contribution in [1.29, 1.82) is 0 Å². The molecule has 0 aliphatic carbocycles. The van der Waals surface area contributed by atoms with E-state index in [0.717, 1.165) is 0 Å². The van der Waals surface area contributed by atoms with Crippen LogP contribution < -0.4 is 11.1 Å². The number of imide groups is 1. The van der Waals surface area contributed by atoms with E-state index in [9.17, 15) is 9.59 Å². The molecule has 0 spiro atoms. The lowest BCUT2D eigenvalue weighted by atomic mass is 10.1. The second-order valence-electron chi connectivity index (χ2n) is 3.53. The van der Waals surface area contributed by atoms with E-state index in [4.69, 9.17) is 5.73 Å². The number of likely N-dealkylation sites (tertiary alicyclic amines) is 1. The van der Waals surface area contributed by atoms with Gasteiger partial charge in [0.1, 0.15) is 0 Å². The molecule has 0 aromatic carbocycles. The number of nitrogens with two attached hydrogens (primary N) is 1. The van der Waals surface area contributed by atoms with Crippen LogP contribution in [0.3, 0.4) is 0 Å². The molecule has 1 unspecified atom stereocenters. The van der Waals surface area contributed by atoms with Crippen molar-refractivity contribution >= 4 is 11.8 Å². The first-order chi connectivity index (χ1) is 6.66. The Morgan fingerprint density at radius 1 is 1.50 bits per heavy atom. The smallest absolute Gasteiger partial charge is 0.232 e. The van der Waals surface area contributed by atoms with Gasteiger partial charge in [0.25, 0.3) is 0 Å². The highest BCUT2D eigenvalue weighted by Gasteiger charge is 2.34. The third-order valence-electron chi connectivity index (χ3n) is 2.30. The average molecular weight is 199 g/mol. The summed E-state index contributed by atoms with van der Waals surface area (Å²) in [5, 5.41) is 3.05. The van der Waals surface area contributed by atoms with Gasteiger partial charge in [-0.1, -0.05) is 6.92 Å². The number of hydrogen-bond acceptors (Lipinski definition) is 4. The van der Waals surface area contributed by atoms with Crippen LogP contribution in [0.1, 0.15) is 13.3 Å². The summed E-state index contributed by atoms with van der Waals surface area (Å²) in [6.07, 6.45) is 0.357. The minimum atomic E-state index is -0.142. The Balaban J connectivity index is 2.30. The standard InChI is InChI=1S/C9H17N3O2/c1-7-6-8(13)12(9(7)14)5-4-11-3-2-10/h7,11H,2-6,10H2,1H3. The van der Waals surface area contributed by atoms with Crippen LogP contribution in [0.4, 0.5) is 0 Å². The van der Waals surface area contributed by atoms with Gasteiger partial charge in [-0.2, -0.15) is 0 Å². The number of nitrogens with zero attached hydrogens (tertiary/aromatic N) is 1. The van der Waals surface area contributed by atoms with E-state index < -0.39 is 0 Å². The second kappa shape index (κ2) is 5.07. The Morgan fingerprint density at radius 2 is 2.21 bits per heavy atom. The predicted molar refractivity (Wildman–Crippen MR) is 52.4 cm³/mol. The lowest BCUT2D eigenvalue weighted by Gasteiger charge is -2.14. The molecule has 0 saturated carbocycles. The van der Waals surface area contributed by atoms with Gasteiger partial charge in [0.05, 0.1) is 0 Å². The quantitative estimate of drug-likeness (QED) is 0.437. The molecule has 1 aliphatic heterocycles. The first-order valence-electron chi connectivity index (χ1n) is 4.91. The van der Waals surface area contributed by atoms with Crippen molar-refractivity contribution in [1.82, 2.24) is 10.2 Å². The molecular formula is C9H17N3O2. The molecule has 1 atom stereocenters. The zero-order valence-electron chi connectivity index (χ0n) is 8.45. The fraction of sp³-hybridized carbons (Fsp3) is 0.778. The average Bonchev–Trinajstić information content (AvgIpc) is 2.38. The summed E-state index contributed by atoms with van der Waals surface area (Å²) >= 11 is 0. The van der Waals surface area contributed by atoms with Gasteiger partial charge < -0.3 is 11.1 Å². The molecule has 0 aromatic heterocycles. The summed E-state index contributed by atoms with van der Waals surface area (Å²) in [5.74, 6) is -0.251. The van der Waals surface area contributed by atoms with Gasteiger partial charge in [-0.15, -0.1) is 0 Å². The predicted octanol–water partition coefficient (Wildman–Crippen LogP) is -1.07. The van der Waals surface area contributed by atoms with Crippen LogP contribution in [0.25, 0.3) is 0 Å².